The Hall–Kier alpha value is -0.420. The summed E-state index contributed by atoms with van der Waals surface area (Å²) in [5, 5.41) is 0.764. The average molecular weight is 322 g/mol. The number of aromatic nitrogens is 1. The SMILES string of the molecule is CN(CCBr)C(=O)c1ncccc1Br. The van der Waals surface area contributed by atoms with Crippen molar-refractivity contribution in [2.24, 2.45) is 0 Å². The second-order valence-corrected chi connectivity index (χ2v) is 4.40. The molecule has 0 bridgehead atoms. The van der Waals surface area contributed by atoms with Crippen LogP contribution in [0.3, 0.4) is 0 Å². The van der Waals surface area contributed by atoms with Gasteiger partial charge in [0.1, 0.15) is 5.69 Å². The molecular weight excluding hydrogens is 312 g/mol. The highest BCUT2D eigenvalue weighted by Crippen LogP contribution is 2.14. The fraction of sp³-hybridized carbons (Fsp3) is 0.333. The van der Waals surface area contributed by atoms with Crippen LogP contribution in [0.25, 0.3) is 0 Å². The third-order valence-corrected chi connectivity index (χ3v) is 2.72. The molecular formula is C9H10Br2N2O. The first-order valence-corrected chi connectivity index (χ1v) is 6.00. The van der Waals surface area contributed by atoms with Crippen LogP contribution in [0.4, 0.5) is 0 Å². The summed E-state index contributed by atoms with van der Waals surface area (Å²) in [4.78, 5) is 17.4. The number of nitrogens with zero attached hydrogens (tertiary/aromatic N) is 2. The first-order chi connectivity index (χ1) is 6.66. The van der Waals surface area contributed by atoms with Crippen LogP contribution in [0.5, 0.6) is 0 Å². The third kappa shape index (κ3) is 2.78. The molecule has 0 aliphatic rings. The average Bonchev–Trinajstić information content (AvgIpc) is 2.18. The van der Waals surface area contributed by atoms with Gasteiger partial charge in [0.05, 0.1) is 0 Å². The topological polar surface area (TPSA) is 33.2 Å². The van der Waals surface area contributed by atoms with Crippen molar-refractivity contribution in [2.45, 2.75) is 0 Å². The molecule has 1 aromatic rings. The van der Waals surface area contributed by atoms with Crippen LogP contribution in [0, 0.1) is 0 Å². The second-order valence-electron chi connectivity index (χ2n) is 2.75. The van der Waals surface area contributed by atoms with Gasteiger partial charge in [0.15, 0.2) is 0 Å². The number of rotatable bonds is 3. The lowest BCUT2D eigenvalue weighted by Gasteiger charge is -2.15. The minimum Gasteiger partial charge on any atom is -0.340 e. The van der Waals surface area contributed by atoms with Crippen molar-refractivity contribution in [1.29, 1.82) is 0 Å². The van der Waals surface area contributed by atoms with Crippen LogP contribution in [0.2, 0.25) is 0 Å². The maximum absolute atomic E-state index is 11.8. The lowest BCUT2D eigenvalue weighted by Crippen LogP contribution is -2.29. The molecule has 0 radical (unpaired) electrons. The van der Waals surface area contributed by atoms with Gasteiger partial charge in [0, 0.05) is 29.6 Å². The smallest absolute Gasteiger partial charge is 0.273 e. The zero-order chi connectivity index (χ0) is 10.6. The predicted octanol–water partition coefficient (Wildman–Crippen LogP) is 2.31. The molecule has 0 atom stereocenters. The Balaban J connectivity index is 2.84. The first-order valence-electron chi connectivity index (χ1n) is 4.08. The van der Waals surface area contributed by atoms with Crippen LogP contribution < -0.4 is 0 Å². The number of carbonyl (C=O) groups excluding carboxylic acids is 1. The Labute approximate surface area is 99.8 Å². The summed E-state index contributed by atoms with van der Waals surface area (Å²) < 4.78 is 0.728. The number of halogens is 2. The summed E-state index contributed by atoms with van der Waals surface area (Å²) in [5.74, 6) is -0.0723. The van der Waals surface area contributed by atoms with Crippen LogP contribution in [0.1, 0.15) is 10.5 Å². The normalized spacial score (nSPS) is 9.93. The van der Waals surface area contributed by atoms with Crippen molar-refractivity contribution in [2.75, 3.05) is 18.9 Å². The van der Waals surface area contributed by atoms with Gasteiger partial charge in [-0.05, 0) is 28.1 Å². The maximum atomic E-state index is 11.8. The van der Waals surface area contributed by atoms with E-state index in [1.54, 1.807) is 24.2 Å². The van der Waals surface area contributed by atoms with E-state index in [4.69, 9.17) is 0 Å². The number of hydrogen-bond acceptors (Lipinski definition) is 2. The van der Waals surface area contributed by atoms with Crippen molar-refractivity contribution in [1.82, 2.24) is 9.88 Å². The summed E-state index contributed by atoms with van der Waals surface area (Å²) in [5.41, 5.74) is 0.455. The summed E-state index contributed by atoms with van der Waals surface area (Å²) in [6.45, 7) is 0.668. The van der Waals surface area contributed by atoms with Crippen molar-refractivity contribution in [3.63, 3.8) is 0 Å². The number of carbonyl (C=O) groups is 1. The summed E-state index contributed by atoms with van der Waals surface area (Å²) in [6, 6.07) is 3.59. The van der Waals surface area contributed by atoms with Gasteiger partial charge in [-0.2, -0.15) is 0 Å². The van der Waals surface area contributed by atoms with E-state index < -0.39 is 0 Å². The van der Waals surface area contributed by atoms with Crippen LogP contribution in [0.15, 0.2) is 22.8 Å². The minimum atomic E-state index is -0.0723. The highest BCUT2D eigenvalue weighted by Gasteiger charge is 2.14. The summed E-state index contributed by atoms with van der Waals surface area (Å²) >= 11 is 6.58. The van der Waals surface area contributed by atoms with Gasteiger partial charge >= 0.3 is 0 Å². The van der Waals surface area contributed by atoms with Crippen molar-refractivity contribution >= 4 is 37.8 Å². The van der Waals surface area contributed by atoms with Gasteiger partial charge in [-0.25, -0.2) is 4.98 Å². The molecule has 1 heterocycles. The molecule has 0 fully saturated rings. The van der Waals surface area contributed by atoms with Gasteiger partial charge in [-0.15, -0.1) is 0 Å². The number of hydrogen-bond donors (Lipinski definition) is 0. The molecule has 0 spiro atoms. The quantitative estimate of drug-likeness (QED) is 0.800. The van der Waals surface area contributed by atoms with Crippen LogP contribution in [-0.2, 0) is 0 Å². The molecule has 0 saturated heterocycles. The molecule has 0 aliphatic carbocycles. The summed E-state index contributed by atoms with van der Waals surface area (Å²) in [6.07, 6.45) is 1.61. The van der Waals surface area contributed by atoms with E-state index in [2.05, 4.69) is 36.8 Å². The van der Waals surface area contributed by atoms with Gasteiger partial charge < -0.3 is 4.90 Å². The molecule has 0 saturated carbocycles. The molecule has 1 amide bonds. The second kappa shape index (κ2) is 5.46. The van der Waals surface area contributed by atoms with E-state index in [0.29, 0.717) is 12.2 Å². The first kappa shape index (κ1) is 11.7. The lowest BCUT2D eigenvalue weighted by molar-refractivity contribution is 0.0797. The Morgan fingerprint density at radius 1 is 1.64 bits per heavy atom. The van der Waals surface area contributed by atoms with E-state index >= 15 is 0 Å². The van der Waals surface area contributed by atoms with Crippen LogP contribution in [-0.4, -0.2) is 34.7 Å². The fourth-order valence-corrected chi connectivity index (χ4v) is 1.91. The number of alkyl halides is 1. The maximum Gasteiger partial charge on any atom is 0.273 e. The monoisotopic (exact) mass is 320 g/mol. The van der Waals surface area contributed by atoms with Crippen molar-refractivity contribution in [3.8, 4) is 0 Å². The van der Waals surface area contributed by atoms with Gasteiger partial charge in [-0.3, -0.25) is 4.79 Å². The Bertz CT molecular complexity index is 330. The van der Waals surface area contributed by atoms with E-state index in [1.807, 2.05) is 6.07 Å². The molecule has 1 rings (SSSR count). The van der Waals surface area contributed by atoms with E-state index in [-0.39, 0.29) is 5.91 Å². The fourth-order valence-electron chi connectivity index (χ4n) is 0.952. The number of pyridine rings is 1. The van der Waals surface area contributed by atoms with Crippen molar-refractivity contribution in [3.05, 3.63) is 28.5 Å². The highest BCUT2D eigenvalue weighted by atomic mass is 79.9. The number of amides is 1. The van der Waals surface area contributed by atoms with Gasteiger partial charge in [0.2, 0.25) is 0 Å². The van der Waals surface area contributed by atoms with Crippen LogP contribution >= 0.6 is 31.9 Å². The minimum absolute atomic E-state index is 0.0723. The molecule has 0 unspecified atom stereocenters. The zero-order valence-electron chi connectivity index (χ0n) is 7.70. The lowest BCUT2D eigenvalue weighted by atomic mass is 10.3. The standard InChI is InChI=1S/C9H10Br2N2O/c1-13(6-4-10)9(14)8-7(11)3-2-5-12-8/h2-3,5H,4,6H2,1H3. The molecule has 1 aromatic heterocycles. The van der Waals surface area contributed by atoms with Gasteiger partial charge in [0.25, 0.3) is 5.91 Å². The Morgan fingerprint density at radius 3 is 2.93 bits per heavy atom. The Kier molecular flexibility index (Phi) is 4.54. The molecule has 0 aromatic carbocycles. The van der Waals surface area contributed by atoms with Crippen molar-refractivity contribution < 1.29 is 4.79 Å². The molecule has 0 aliphatic heterocycles. The largest absolute Gasteiger partial charge is 0.340 e. The molecule has 0 N–H and O–H groups in total. The van der Waals surface area contributed by atoms with Gasteiger partial charge in [-0.1, -0.05) is 15.9 Å². The Morgan fingerprint density at radius 2 is 2.36 bits per heavy atom. The zero-order valence-corrected chi connectivity index (χ0v) is 10.9. The molecule has 76 valence electrons. The van der Waals surface area contributed by atoms with E-state index in [9.17, 15) is 4.79 Å². The molecule has 14 heavy (non-hydrogen) atoms. The molecule has 5 heteroatoms. The summed E-state index contributed by atoms with van der Waals surface area (Å²) in [7, 11) is 1.75. The van der Waals surface area contributed by atoms with E-state index in [1.165, 1.54) is 0 Å². The van der Waals surface area contributed by atoms with E-state index in [0.717, 1.165) is 9.80 Å². The molecule has 3 nitrogen and oxygen atoms in total. The predicted molar refractivity (Wildman–Crippen MR) is 62.7 cm³/mol. The highest BCUT2D eigenvalue weighted by molar-refractivity contribution is 9.10. The third-order valence-electron chi connectivity index (χ3n) is 1.73.